The maximum Gasteiger partial charge on any atom is 0.644 e. The van der Waals surface area contributed by atoms with Gasteiger partial charge in [0, 0.05) is 5.56 Å². The van der Waals surface area contributed by atoms with Crippen molar-refractivity contribution in [3.63, 3.8) is 0 Å². The Morgan fingerprint density at radius 1 is 1.29 bits per heavy atom. The Morgan fingerprint density at radius 3 is 3.07 bits per heavy atom. The highest BCUT2D eigenvalue weighted by molar-refractivity contribution is 6.40. The lowest BCUT2D eigenvalue weighted by molar-refractivity contribution is -0.213. The fraction of sp³-hybridized carbons (Fsp3) is 0.400. The molecule has 4 aliphatic rings. The molecule has 4 heteroatoms. The third kappa shape index (κ3) is 0.681. The lowest BCUT2D eigenvalue weighted by Gasteiger charge is -2.41. The lowest BCUT2D eigenvalue weighted by atomic mass is 9.83. The minimum Gasteiger partial charge on any atom is -0.377 e. The van der Waals surface area contributed by atoms with Gasteiger partial charge in [-0.25, -0.2) is 0 Å². The molecule has 1 spiro atoms. The first kappa shape index (κ1) is 7.46. The van der Waals surface area contributed by atoms with E-state index in [4.69, 9.17) is 14.0 Å². The average molecular weight is 188 g/mol. The summed E-state index contributed by atoms with van der Waals surface area (Å²) in [5.74, 6) is -0.556. The zero-order chi connectivity index (χ0) is 9.17. The van der Waals surface area contributed by atoms with E-state index < -0.39 is 13.1 Å². The third-order valence-corrected chi connectivity index (χ3v) is 3.31. The van der Waals surface area contributed by atoms with Crippen LogP contribution < -0.4 is 0 Å². The standard InChI is InChI=1S/C10H9BO3/c1-2-4-8-7(3-1)5-6-9-10(8)13-11(12-9)14-10/h1-4,9H,5-6H2. The van der Waals surface area contributed by atoms with Crippen LogP contribution in [0.15, 0.2) is 24.3 Å². The van der Waals surface area contributed by atoms with E-state index >= 15 is 0 Å². The van der Waals surface area contributed by atoms with Crippen LogP contribution in [0.1, 0.15) is 17.5 Å². The van der Waals surface area contributed by atoms with E-state index in [-0.39, 0.29) is 6.10 Å². The van der Waals surface area contributed by atoms with Crippen molar-refractivity contribution in [2.75, 3.05) is 0 Å². The van der Waals surface area contributed by atoms with Crippen molar-refractivity contribution < 1.29 is 14.0 Å². The first-order chi connectivity index (χ1) is 6.88. The van der Waals surface area contributed by atoms with Crippen molar-refractivity contribution in [3.05, 3.63) is 35.4 Å². The molecule has 1 unspecified atom stereocenters. The van der Waals surface area contributed by atoms with Gasteiger partial charge in [-0.15, -0.1) is 0 Å². The van der Waals surface area contributed by atoms with Crippen LogP contribution >= 0.6 is 0 Å². The molecule has 0 saturated carbocycles. The number of rotatable bonds is 0. The highest BCUT2D eigenvalue weighted by Gasteiger charge is 2.68. The summed E-state index contributed by atoms with van der Waals surface area (Å²) in [5.41, 5.74) is 2.48. The second-order valence-electron chi connectivity index (χ2n) is 4.01. The summed E-state index contributed by atoms with van der Waals surface area (Å²) in [6, 6.07) is 8.29. The van der Waals surface area contributed by atoms with E-state index in [0.717, 1.165) is 18.4 Å². The Balaban J connectivity index is 1.93. The van der Waals surface area contributed by atoms with Crippen molar-refractivity contribution in [3.8, 4) is 0 Å². The molecule has 3 nitrogen and oxygen atoms in total. The largest absolute Gasteiger partial charge is 0.644 e. The molecule has 3 aliphatic heterocycles. The van der Waals surface area contributed by atoms with Gasteiger partial charge in [-0.1, -0.05) is 24.3 Å². The minimum atomic E-state index is -0.556. The summed E-state index contributed by atoms with van der Waals surface area (Å²) >= 11 is 0. The molecule has 3 fully saturated rings. The van der Waals surface area contributed by atoms with Gasteiger partial charge in [0.05, 0.1) is 0 Å². The van der Waals surface area contributed by atoms with Crippen LogP contribution in [0.25, 0.3) is 0 Å². The molecule has 1 aromatic rings. The van der Waals surface area contributed by atoms with Crippen molar-refractivity contribution in [2.45, 2.75) is 24.7 Å². The van der Waals surface area contributed by atoms with E-state index in [1.165, 1.54) is 5.56 Å². The van der Waals surface area contributed by atoms with Gasteiger partial charge in [0.25, 0.3) is 0 Å². The monoisotopic (exact) mass is 188 g/mol. The average Bonchev–Trinajstić information content (AvgIpc) is 2.71. The highest BCUT2D eigenvalue weighted by atomic mass is 16.9. The summed E-state index contributed by atoms with van der Waals surface area (Å²) < 4.78 is 16.8. The fourth-order valence-corrected chi connectivity index (χ4v) is 2.65. The molecular formula is C10H9BO3. The lowest BCUT2D eigenvalue weighted by Crippen LogP contribution is -2.51. The topological polar surface area (TPSA) is 27.7 Å². The molecule has 14 heavy (non-hydrogen) atoms. The maximum atomic E-state index is 5.62. The fourth-order valence-electron chi connectivity index (χ4n) is 2.65. The smallest absolute Gasteiger partial charge is 0.377 e. The quantitative estimate of drug-likeness (QED) is 0.572. The summed E-state index contributed by atoms with van der Waals surface area (Å²) in [5, 5.41) is 0. The van der Waals surface area contributed by atoms with Gasteiger partial charge in [-0.3, -0.25) is 0 Å². The Kier molecular flexibility index (Phi) is 1.18. The molecule has 1 aromatic carbocycles. The first-order valence-electron chi connectivity index (χ1n) is 4.98. The number of benzene rings is 1. The van der Waals surface area contributed by atoms with E-state index in [9.17, 15) is 0 Å². The van der Waals surface area contributed by atoms with Crippen LogP contribution in [-0.2, 0) is 26.2 Å². The van der Waals surface area contributed by atoms with Gasteiger partial charge in [-0.05, 0) is 18.4 Å². The molecule has 0 N–H and O–H groups in total. The molecule has 1 atom stereocenters. The Bertz CT molecular complexity index is 400. The van der Waals surface area contributed by atoms with Gasteiger partial charge in [0.15, 0.2) is 0 Å². The van der Waals surface area contributed by atoms with Gasteiger partial charge in [0.2, 0.25) is 5.79 Å². The third-order valence-electron chi connectivity index (χ3n) is 3.31. The molecule has 2 bridgehead atoms. The van der Waals surface area contributed by atoms with Crippen molar-refractivity contribution >= 4 is 7.32 Å². The maximum absolute atomic E-state index is 5.62. The van der Waals surface area contributed by atoms with Crippen LogP contribution in [-0.4, -0.2) is 13.4 Å². The molecule has 3 saturated heterocycles. The van der Waals surface area contributed by atoms with Gasteiger partial charge < -0.3 is 14.0 Å². The summed E-state index contributed by atoms with van der Waals surface area (Å²) in [6.45, 7) is 0. The number of aryl methyl sites for hydroxylation is 1. The molecule has 70 valence electrons. The predicted molar refractivity (Wildman–Crippen MR) is 49.2 cm³/mol. The molecule has 5 rings (SSSR count). The first-order valence-corrected chi connectivity index (χ1v) is 4.98. The highest BCUT2D eigenvalue weighted by Crippen LogP contribution is 2.53. The second-order valence-corrected chi connectivity index (χ2v) is 4.01. The molecular weight excluding hydrogens is 179 g/mol. The zero-order valence-corrected chi connectivity index (χ0v) is 7.60. The van der Waals surface area contributed by atoms with E-state index in [2.05, 4.69) is 18.2 Å². The minimum absolute atomic E-state index is 0.0994. The second kappa shape index (κ2) is 2.22. The van der Waals surface area contributed by atoms with Crippen LogP contribution in [0.5, 0.6) is 0 Å². The van der Waals surface area contributed by atoms with Crippen LogP contribution in [0, 0.1) is 0 Å². The number of hydrogen-bond acceptors (Lipinski definition) is 3. The normalized spacial score (nSPS) is 37.4. The Hall–Kier alpha value is -0.835. The van der Waals surface area contributed by atoms with Crippen LogP contribution in [0.3, 0.4) is 0 Å². The number of fused-ring (bicyclic) bond motifs is 1. The molecule has 1 aliphatic carbocycles. The van der Waals surface area contributed by atoms with Crippen LogP contribution in [0.2, 0.25) is 0 Å². The predicted octanol–water partition coefficient (Wildman–Crippen LogP) is 1.22. The summed E-state index contributed by atoms with van der Waals surface area (Å²) in [7, 11) is -0.411. The van der Waals surface area contributed by atoms with Crippen molar-refractivity contribution in [1.82, 2.24) is 0 Å². The van der Waals surface area contributed by atoms with Gasteiger partial charge >= 0.3 is 7.32 Å². The Labute approximate surface area is 82.1 Å². The molecule has 0 amide bonds. The molecule has 3 heterocycles. The van der Waals surface area contributed by atoms with E-state index in [0.29, 0.717) is 0 Å². The van der Waals surface area contributed by atoms with Crippen molar-refractivity contribution in [2.24, 2.45) is 0 Å². The molecule has 0 radical (unpaired) electrons. The van der Waals surface area contributed by atoms with Crippen LogP contribution in [0.4, 0.5) is 0 Å². The summed E-state index contributed by atoms with van der Waals surface area (Å²) in [6.07, 6.45) is 2.15. The molecule has 0 aromatic heterocycles. The van der Waals surface area contributed by atoms with Gasteiger partial charge in [0.1, 0.15) is 6.10 Å². The van der Waals surface area contributed by atoms with E-state index in [1.54, 1.807) is 0 Å². The van der Waals surface area contributed by atoms with Crippen molar-refractivity contribution in [1.29, 1.82) is 0 Å². The number of hydrogen-bond donors (Lipinski definition) is 0. The summed E-state index contributed by atoms with van der Waals surface area (Å²) in [4.78, 5) is 0. The SMILES string of the molecule is c1ccc2c(c1)CCC1OB3OC21O3. The van der Waals surface area contributed by atoms with Gasteiger partial charge in [-0.2, -0.15) is 0 Å². The van der Waals surface area contributed by atoms with E-state index in [1.807, 2.05) is 6.07 Å². The Morgan fingerprint density at radius 2 is 2.14 bits per heavy atom. The zero-order valence-electron chi connectivity index (χ0n) is 7.60.